The average Bonchev–Trinajstić information content (AvgIpc) is 3.00. The molecule has 1 atom stereocenters. The number of para-hydroxylation sites is 1. The van der Waals surface area contributed by atoms with Gasteiger partial charge in [0, 0.05) is 41.1 Å². The van der Waals surface area contributed by atoms with Crippen molar-refractivity contribution in [2.24, 2.45) is 0 Å². The third kappa shape index (κ3) is 4.28. The van der Waals surface area contributed by atoms with Gasteiger partial charge in [0.15, 0.2) is 0 Å². The van der Waals surface area contributed by atoms with Crippen LogP contribution in [0.2, 0.25) is 5.02 Å². The zero-order valence-electron chi connectivity index (χ0n) is 15.3. The number of aryl methyl sites for hydroxylation is 1. The summed E-state index contributed by atoms with van der Waals surface area (Å²) in [5.41, 5.74) is 3.47. The van der Waals surface area contributed by atoms with Crippen molar-refractivity contribution >= 4 is 28.4 Å². The number of benzene rings is 2. The number of carbonyl (C=O) groups excluding carboxylic acids is 1. The molecule has 0 aliphatic heterocycles. The normalized spacial score (nSPS) is 12.3. The van der Waals surface area contributed by atoms with Gasteiger partial charge in [0.1, 0.15) is 0 Å². The largest absolute Gasteiger partial charge is 0.354 e. The van der Waals surface area contributed by atoms with E-state index >= 15 is 0 Å². The highest BCUT2D eigenvalue weighted by Crippen LogP contribution is 2.25. The summed E-state index contributed by atoms with van der Waals surface area (Å²) in [6, 6.07) is 16.5. The third-order valence-electron chi connectivity index (χ3n) is 4.81. The molecule has 26 heavy (non-hydrogen) atoms. The topological polar surface area (TPSA) is 34.0 Å². The van der Waals surface area contributed by atoms with Crippen molar-refractivity contribution < 1.29 is 4.79 Å². The smallest absolute Gasteiger partial charge is 0.220 e. The molecule has 3 nitrogen and oxygen atoms in total. The summed E-state index contributed by atoms with van der Waals surface area (Å²) >= 11 is 6.33. The lowest BCUT2D eigenvalue weighted by Crippen LogP contribution is -2.31. The lowest BCUT2D eigenvalue weighted by Gasteiger charge is -2.10. The standard InChI is InChI=1S/C22H25ClN2O/c1-3-16(2)24-22(26)13-12-17-14-25(21-11-7-5-9-19(17)21)15-18-8-4-6-10-20(18)23/h4-11,14,16H,3,12-13,15H2,1-2H3,(H,24,26)/t16-/m1/s1. The molecule has 4 heteroatoms. The molecule has 0 aliphatic rings. The van der Waals surface area contributed by atoms with E-state index in [-0.39, 0.29) is 11.9 Å². The number of rotatable bonds is 7. The van der Waals surface area contributed by atoms with Crippen LogP contribution in [0.1, 0.15) is 37.8 Å². The van der Waals surface area contributed by atoms with Gasteiger partial charge in [-0.2, -0.15) is 0 Å². The van der Waals surface area contributed by atoms with Gasteiger partial charge in [-0.3, -0.25) is 4.79 Å². The second kappa shape index (κ2) is 8.41. The number of nitrogens with one attached hydrogen (secondary N) is 1. The maximum atomic E-state index is 12.1. The molecule has 1 amide bonds. The van der Waals surface area contributed by atoms with E-state index in [1.54, 1.807) is 0 Å². The van der Waals surface area contributed by atoms with Crippen LogP contribution in [-0.2, 0) is 17.8 Å². The molecule has 1 heterocycles. The fourth-order valence-electron chi connectivity index (χ4n) is 3.16. The summed E-state index contributed by atoms with van der Waals surface area (Å²) in [7, 11) is 0. The van der Waals surface area contributed by atoms with Crippen molar-refractivity contribution in [2.45, 2.75) is 45.7 Å². The average molecular weight is 369 g/mol. The summed E-state index contributed by atoms with van der Waals surface area (Å²) in [4.78, 5) is 12.1. The van der Waals surface area contributed by atoms with Gasteiger partial charge < -0.3 is 9.88 Å². The molecule has 0 radical (unpaired) electrons. The summed E-state index contributed by atoms with van der Waals surface area (Å²) < 4.78 is 2.22. The fraction of sp³-hybridized carbons (Fsp3) is 0.318. The van der Waals surface area contributed by atoms with Crippen LogP contribution in [0, 0.1) is 0 Å². The lowest BCUT2D eigenvalue weighted by atomic mass is 10.1. The summed E-state index contributed by atoms with van der Waals surface area (Å²) in [6.07, 6.45) is 4.34. The number of fused-ring (bicyclic) bond motifs is 1. The number of amides is 1. The van der Waals surface area contributed by atoms with Crippen LogP contribution in [0.4, 0.5) is 0 Å². The number of carbonyl (C=O) groups is 1. The maximum Gasteiger partial charge on any atom is 0.220 e. The fourth-order valence-corrected chi connectivity index (χ4v) is 3.36. The zero-order chi connectivity index (χ0) is 18.5. The Labute approximate surface area is 160 Å². The van der Waals surface area contributed by atoms with E-state index in [1.165, 1.54) is 16.5 Å². The van der Waals surface area contributed by atoms with Crippen molar-refractivity contribution in [1.82, 2.24) is 9.88 Å². The van der Waals surface area contributed by atoms with Crippen LogP contribution in [-0.4, -0.2) is 16.5 Å². The van der Waals surface area contributed by atoms with Gasteiger partial charge >= 0.3 is 0 Å². The van der Waals surface area contributed by atoms with E-state index in [0.717, 1.165) is 30.0 Å². The van der Waals surface area contributed by atoms with Crippen molar-refractivity contribution in [3.63, 3.8) is 0 Å². The molecule has 3 aromatic rings. The lowest BCUT2D eigenvalue weighted by molar-refractivity contribution is -0.121. The van der Waals surface area contributed by atoms with Gasteiger partial charge in [-0.15, -0.1) is 0 Å². The van der Waals surface area contributed by atoms with Crippen molar-refractivity contribution in [3.05, 3.63) is 70.9 Å². The van der Waals surface area contributed by atoms with Crippen LogP contribution in [0.25, 0.3) is 10.9 Å². The first kappa shape index (κ1) is 18.5. The monoisotopic (exact) mass is 368 g/mol. The van der Waals surface area contributed by atoms with E-state index in [1.807, 2.05) is 37.3 Å². The SMILES string of the molecule is CC[C@@H](C)NC(=O)CCc1cn(Cc2ccccc2Cl)c2ccccc12. The van der Waals surface area contributed by atoms with Crippen molar-refractivity contribution in [1.29, 1.82) is 0 Å². The quantitative estimate of drug-likeness (QED) is 0.611. The van der Waals surface area contributed by atoms with Gasteiger partial charge in [0.25, 0.3) is 0 Å². The van der Waals surface area contributed by atoms with Crippen molar-refractivity contribution in [3.8, 4) is 0 Å². The molecule has 0 unspecified atom stereocenters. The number of hydrogen-bond donors (Lipinski definition) is 1. The summed E-state index contributed by atoms with van der Waals surface area (Å²) in [5, 5.41) is 5.02. The van der Waals surface area contributed by atoms with E-state index < -0.39 is 0 Å². The van der Waals surface area contributed by atoms with Crippen molar-refractivity contribution in [2.75, 3.05) is 0 Å². The molecule has 3 rings (SSSR count). The minimum absolute atomic E-state index is 0.113. The Bertz CT molecular complexity index is 900. The van der Waals surface area contributed by atoms with Crippen LogP contribution in [0.3, 0.4) is 0 Å². The Balaban J connectivity index is 1.81. The summed E-state index contributed by atoms with van der Waals surface area (Å²) in [6.45, 7) is 4.83. The number of halogens is 1. The minimum atomic E-state index is 0.113. The van der Waals surface area contributed by atoms with Gasteiger partial charge in [-0.25, -0.2) is 0 Å². The third-order valence-corrected chi connectivity index (χ3v) is 5.18. The Kier molecular flexibility index (Phi) is 6.00. The molecule has 0 bridgehead atoms. The number of hydrogen-bond acceptors (Lipinski definition) is 1. The van der Waals surface area contributed by atoms with E-state index in [4.69, 9.17) is 11.6 Å². The molecule has 0 saturated carbocycles. The molecule has 136 valence electrons. The van der Waals surface area contributed by atoms with E-state index in [2.05, 4.69) is 41.2 Å². The molecule has 1 N–H and O–H groups in total. The van der Waals surface area contributed by atoms with Crippen LogP contribution < -0.4 is 5.32 Å². The molecule has 0 spiro atoms. The second-order valence-electron chi connectivity index (χ2n) is 6.77. The first-order valence-electron chi connectivity index (χ1n) is 9.18. The zero-order valence-corrected chi connectivity index (χ0v) is 16.1. The molecular weight excluding hydrogens is 344 g/mol. The van der Waals surface area contributed by atoms with Gasteiger partial charge in [-0.05, 0) is 43.0 Å². The van der Waals surface area contributed by atoms with Gasteiger partial charge in [0.05, 0.1) is 0 Å². The first-order valence-corrected chi connectivity index (χ1v) is 9.55. The Morgan fingerprint density at radius 1 is 1.12 bits per heavy atom. The molecule has 2 aromatic carbocycles. The highest BCUT2D eigenvalue weighted by atomic mass is 35.5. The Morgan fingerprint density at radius 3 is 2.62 bits per heavy atom. The van der Waals surface area contributed by atoms with Crippen LogP contribution >= 0.6 is 11.6 Å². The predicted octanol–water partition coefficient (Wildman–Crippen LogP) is 5.19. The molecule has 0 saturated heterocycles. The van der Waals surface area contributed by atoms with Crippen LogP contribution in [0.15, 0.2) is 54.7 Å². The van der Waals surface area contributed by atoms with E-state index in [0.29, 0.717) is 6.42 Å². The molecule has 0 aliphatic carbocycles. The predicted molar refractivity (Wildman–Crippen MR) is 109 cm³/mol. The molecule has 0 fully saturated rings. The summed E-state index contributed by atoms with van der Waals surface area (Å²) in [5.74, 6) is 0.113. The maximum absolute atomic E-state index is 12.1. The highest BCUT2D eigenvalue weighted by molar-refractivity contribution is 6.31. The van der Waals surface area contributed by atoms with Gasteiger partial charge in [-0.1, -0.05) is 54.9 Å². The second-order valence-corrected chi connectivity index (χ2v) is 7.17. The molecule has 1 aromatic heterocycles. The minimum Gasteiger partial charge on any atom is -0.354 e. The first-order chi connectivity index (χ1) is 12.6. The molecular formula is C22H25ClN2O. The van der Waals surface area contributed by atoms with Crippen LogP contribution in [0.5, 0.6) is 0 Å². The number of aromatic nitrogens is 1. The number of nitrogens with zero attached hydrogens (tertiary/aromatic N) is 1. The van der Waals surface area contributed by atoms with Gasteiger partial charge in [0.2, 0.25) is 5.91 Å². The Hall–Kier alpha value is -2.26. The Morgan fingerprint density at radius 2 is 1.85 bits per heavy atom. The van der Waals surface area contributed by atoms with E-state index in [9.17, 15) is 4.79 Å². The highest BCUT2D eigenvalue weighted by Gasteiger charge is 2.12.